The van der Waals surface area contributed by atoms with E-state index in [0.717, 1.165) is 24.2 Å². The molecule has 1 saturated carbocycles. The minimum absolute atomic E-state index is 0.252. The van der Waals surface area contributed by atoms with E-state index in [1.54, 1.807) is 0 Å². The summed E-state index contributed by atoms with van der Waals surface area (Å²) in [6, 6.07) is 7.59. The molecule has 0 spiro atoms. The molecule has 3 rings (SSSR count). The van der Waals surface area contributed by atoms with Crippen molar-refractivity contribution in [1.29, 1.82) is 0 Å². The Morgan fingerprint density at radius 2 is 2.08 bits per heavy atom. The highest BCUT2D eigenvalue weighted by molar-refractivity contribution is 5.75. The maximum Gasteiger partial charge on any atom is 0.322 e. The molecule has 2 aromatic rings. The van der Waals surface area contributed by atoms with Crippen molar-refractivity contribution in [3.63, 3.8) is 0 Å². The van der Waals surface area contributed by atoms with Gasteiger partial charge in [-0.1, -0.05) is 5.16 Å². The van der Waals surface area contributed by atoms with Gasteiger partial charge in [0.1, 0.15) is 11.8 Å². The topological polar surface area (TPSA) is 77.7 Å². The van der Waals surface area contributed by atoms with E-state index in [1.807, 2.05) is 38.1 Å². The van der Waals surface area contributed by atoms with Crippen LogP contribution in [0.4, 0.5) is 0 Å². The lowest BCUT2D eigenvalue weighted by molar-refractivity contribution is -0.147. The fourth-order valence-corrected chi connectivity index (χ4v) is 2.75. The fourth-order valence-electron chi connectivity index (χ4n) is 2.75. The van der Waals surface area contributed by atoms with Crippen LogP contribution in [0.3, 0.4) is 0 Å². The number of aromatic nitrogens is 2. The van der Waals surface area contributed by atoms with Gasteiger partial charge >= 0.3 is 5.97 Å². The van der Waals surface area contributed by atoms with Gasteiger partial charge in [-0.3, -0.25) is 9.69 Å². The van der Waals surface area contributed by atoms with E-state index in [4.69, 9.17) is 14.0 Å². The van der Waals surface area contributed by atoms with Crippen molar-refractivity contribution in [2.45, 2.75) is 45.3 Å². The van der Waals surface area contributed by atoms with Crippen molar-refractivity contribution >= 4 is 5.97 Å². The Labute approximate surface area is 146 Å². The quantitative estimate of drug-likeness (QED) is 0.681. The number of carbonyl (C=O) groups excluding carboxylic acids is 1. The predicted octanol–water partition coefficient (Wildman–Crippen LogP) is 2.66. The molecule has 0 saturated heterocycles. The van der Waals surface area contributed by atoms with E-state index in [1.165, 1.54) is 7.11 Å². The number of benzene rings is 1. The molecule has 134 valence electrons. The van der Waals surface area contributed by atoms with Gasteiger partial charge in [-0.15, -0.1) is 0 Å². The van der Waals surface area contributed by atoms with Crippen molar-refractivity contribution in [2.75, 3.05) is 13.7 Å². The van der Waals surface area contributed by atoms with Crippen molar-refractivity contribution < 1.29 is 18.8 Å². The molecule has 0 unspecified atom stereocenters. The molecule has 1 heterocycles. The summed E-state index contributed by atoms with van der Waals surface area (Å²) in [5, 5.41) is 4.05. The Balaban J connectivity index is 1.70. The van der Waals surface area contributed by atoms with Gasteiger partial charge < -0.3 is 14.0 Å². The highest BCUT2D eigenvalue weighted by atomic mass is 16.5. The second kappa shape index (κ2) is 7.65. The summed E-state index contributed by atoms with van der Waals surface area (Å²) in [7, 11) is 1.40. The molecular formula is C18H23N3O4. The molecule has 1 atom stereocenters. The molecule has 7 nitrogen and oxygen atoms in total. The fraction of sp³-hybridized carbons (Fsp3) is 0.500. The third-order valence-corrected chi connectivity index (χ3v) is 4.27. The summed E-state index contributed by atoms with van der Waals surface area (Å²) < 4.78 is 15.7. The summed E-state index contributed by atoms with van der Waals surface area (Å²) >= 11 is 0. The minimum atomic E-state index is -0.335. The number of hydrogen-bond donors (Lipinski definition) is 0. The number of nitrogens with zero attached hydrogens (tertiary/aromatic N) is 3. The second-order valence-electron chi connectivity index (χ2n) is 6.07. The summed E-state index contributed by atoms with van der Waals surface area (Å²) in [6.07, 6.45) is 2.14. The number of ether oxygens (including phenoxy) is 2. The standard InChI is InChI=1S/C18H23N3O4/c1-4-24-15-9-5-13(6-10-15)17-19-16(25-20-17)11-21(14-7-8-14)12(2)18(22)23-3/h5-6,9-10,12,14H,4,7-8,11H2,1-3H3/t12-/m0/s1. The lowest BCUT2D eigenvalue weighted by Gasteiger charge is -2.25. The maximum atomic E-state index is 11.8. The first-order valence-corrected chi connectivity index (χ1v) is 8.51. The molecule has 1 aromatic carbocycles. The number of carbonyl (C=O) groups is 1. The zero-order valence-electron chi connectivity index (χ0n) is 14.8. The zero-order chi connectivity index (χ0) is 17.8. The first-order chi connectivity index (χ1) is 12.1. The van der Waals surface area contributed by atoms with Crippen LogP contribution in [0.1, 0.15) is 32.6 Å². The molecule has 1 aliphatic carbocycles. The molecule has 1 aliphatic rings. The van der Waals surface area contributed by atoms with Gasteiger partial charge in [0.2, 0.25) is 11.7 Å². The summed E-state index contributed by atoms with van der Waals surface area (Å²) in [6.45, 7) is 4.85. The number of hydrogen-bond acceptors (Lipinski definition) is 7. The number of rotatable bonds is 8. The smallest absolute Gasteiger partial charge is 0.322 e. The monoisotopic (exact) mass is 345 g/mol. The van der Waals surface area contributed by atoms with E-state index in [2.05, 4.69) is 15.0 Å². The van der Waals surface area contributed by atoms with Gasteiger partial charge in [-0.05, 0) is 51.0 Å². The van der Waals surface area contributed by atoms with Gasteiger partial charge in [0.25, 0.3) is 0 Å². The number of esters is 1. The summed E-state index contributed by atoms with van der Waals surface area (Å²) in [4.78, 5) is 18.4. The molecule has 0 radical (unpaired) electrons. The van der Waals surface area contributed by atoms with Gasteiger partial charge in [0.15, 0.2) is 0 Å². The van der Waals surface area contributed by atoms with E-state index in [-0.39, 0.29) is 12.0 Å². The van der Waals surface area contributed by atoms with Crippen LogP contribution in [-0.4, -0.2) is 46.8 Å². The Kier molecular flexibility index (Phi) is 5.33. The molecular weight excluding hydrogens is 322 g/mol. The van der Waals surface area contributed by atoms with Crippen molar-refractivity contribution in [1.82, 2.24) is 15.0 Å². The SMILES string of the molecule is CCOc1ccc(-c2noc(CN(C3CC3)[C@@H](C)C(=O)OC)n2)cc1. The van der Waals surface area contributed by atoms with Crippen LogP contribution in [0.2, 0.25) is 0 Å². The van der Waals surface area contributed by atoms with E-state index in [0.29, 0.717) is 30.9 Å². The van der Waals surface area contributed by atoms with Crippen LogP contribution in [-0.2, 0) is 16.1 Å². The van der Waals surface area contributed by atoms with Crippen LogP contribution in [0.25, 0.3) is 11.4 Å². The molecule has 1 aromatic heterocycles. The molecule has 0 amide bonds. The van der Waals surface area contributed by atoms with E-state index < -0.39 is 0 Å². The molecule has 25 heavy (non-hydrogen) atoms. The molecule has 0 N–H and O–H groups in total. The van der Waals surface area contributed by atoms with E-state index in [9.17, 15) is 4.79 Å². The minimum Gasteiger partial charge on any atom is -0.494 e. The third-order valence-electron chi connectivity index (χ3n) is 4.27. The number of methoxy groups -OCH3 is 1. The van der Waals surface area contributed by atoms with Crippen LogP contribution >= 0.6 is 0 Å². The van der Waals surface area contributed by atoms with E-state index >= 15 is 0 Å². The van der Waals surface area contributed by atoms with Crippen LogP contribution in [0.5, 0.6) is 5.75 Å². The molecule has 0 aliphatic heterocycles. The Bertz CT molecular complexity index is 709. The Morgan fingerprint density at radius 3 is 2.68 bits per heavy atom. The van der Waals surface area contributed by atoms with Gasteiger partial charge in [0.05, 0.1) is 20.3 Å². The molecule has 0 bridgehead atoms. The molecule has 1 fully saturated rings. The maximum absolute atomic E-state index is 11.8. The summed E-state index contributed by atoms with van der Waals surface area (Å²) in [5.41, 5.74) is 0.859. The average molecular weight is 345 g/mol. The van der Waals surface area contributed by atoms with Crippen molar-refractivity contribution in [3.05, 3.63) is 30.2 Å². The molecule has 7 heteroatoms. The lowest BCUT2D eigenvalue weighted by atomic mass is 10.2. The zero-order valence-corrected chi connectivity index (χ0v) is 14.8. The largest absolute Gasteiger partial charge is 0.494 e. The lowest BCUT2D eigenvalue weighted by Crippen LogP contribution is -2.40. The van der Waals surface area contributed by atoms with Crippen LogP contribution in [0, 0.1) is 0 Å². The van der Waals surface area contributed by atoms with Crippen LogP contribution < -0.4 is 4.74 Å². The van der Waals surface area contributed by atoms with Gasteiger partial charge in [-0.25, -0.2) is 0 Å². The summed E-state index contributed by atoms with van der Waals surface area (Å²) in [5.74, 6) is 1.57. The highest BCUT2D eigenvalue weighted by Gasteiger charge is 2.36. The second-order valence-corrected chi connectivity index (χ2v) is 6.07. The average Bonchev–Trinajstić information content (AvgIpc) is 3.37. The first kappa shape index (κ1) is 17.4. The third kappa shape index (κ3) is 4.17. The normalized spacial score (nSPS) is 15.2. The van der Waals surface area contributed by atoms with Gasteiger partial charge in [-0.2, -0.15) is 4.98 Å². The van der Waals surface area contributed by atoms with Crippen molar-refractivity contribution in [2.24, 2.45) is 0 Å². The Morgan fingerprint density at radius 1 is 1.36 bits per heavy atom. The van der Waals surface area contributed by atoms with Gasteiger partial charge in [0, 0.05) is 11.6 Å². The van der Waals surface area contributed by atoms with Crippen LogP contribution in [0.15, 0.2) is 28.8 Å². The Hall–Kier alpha value is -2.41. The predicted molar refractivity (Wildman–Crippen MR) is 90.9 cm³/mol. The highest BCUT2D eigenvalue weighted by Crippen LogP contribution is 2.30. The van der Waals surface area contributed by atoms with Crippen molar-refractivity contribution in [3.8, 4) is 17.1 Å². The first-order valence-electron chi connectivity index (χ1n) is 8.51.